The lowest BCUT2D eigenvalue weighted by Gasteiger charge is -2.20. The number of aromatic nitrogens is 2. The van der Waals surface area contributed by atoms with Crippen LogP contribution in [0.25, 0.3) is 0 Å². The Bertz CT molecular complexity index is 1230. The van der Waals surface area contributed by atoms with Gasteiger partial charge in [0.25, 0.3) is 11.5 Å². The van der Waals surface area contributed by atoms with Gasteiger partial charge in [0.1, 0.15) is 16.5 Å². The molecule has 3 aromatic rings. The quantitative estimate of drug-likeness (QED) is 0.392. The van der Waals surface area contributed by atoms with Gasteiger partial charge in [-0.05, 0) is 34.5 Å². The van der Waals surface area contributed by atoms with Crippen LogP contribution in [0.5, 0.6) is 5.75 Å². The standard InChI is InChI=1S/C23H22ClN3O5S/c1-31-23(30)21-17-3-7-26(22(29)16-2-6-25-19(24)12-16)8-9-27(17)20(28)13-18(21)32-10-4-15-5-11-33-14-15/h2,5-6,11-14H,3-4,7-10H2,1H3. The predicted octanol–water partition coefficient (Wildman–Crippen LogP) is 3.06. The Balaban J connectivity index is 1.60. The molecule has 0 saturated carbocycles. The summed E-state index contributed by atoms with van der Waals surface area (Å²) in [6, 6.07) is 6.43. The van der Waals surface area contributed by atoms with Crippen molar-refractivity contribution in [3.05, 3.63) is 79.1 Å². The number of esters is 1. The minimum absolute atomic E-state index is 0.203. The lowest BCUT2D eigenvalue weighted by Crippen LogP contribution is -2.34. The van der Waals surface area contributed by atoms with Crippen LogP contribution >= 0.6 is 22.9 Å². The number of carbonyl (C=O) groups excluding carboxylic acids is 2. The zero-order valence-electron chi connectivity index (χ0n) is 18.0. The first-order valence-electron chi connectivity index (χ1n) is 10.4. The van der Waals surface area contributed by atoms with Gasteiger partial charge in [0, 0.05) is 56.0 Å². The molecule has 1 amide bonds. The molecule has 0 bridgehead atoms. The molecule has 0 aromatic carbocycles. The molecule has 33 heavy (non-hydrogen) atoms. The van der Waals surface area contributed by atoms with Crippen LogP contribution in [0.2, 0.25) is 5.15 Å². The van der Waals surface area contributed by atoms with Crippen LogP contribution in [0, 0.1) is 0 Å². The van der Waals surface area contributed by atoms with E-state index in [0.717, 1.165) is 5.56 Å². The van der Waals surface area contributed by atoms with Gasteiger partial charge in [-0.3, -0.25) is 9.59 Å². The van der Waals surface area contributed by atoms with Crippen LogP contribution in [0.3, 0.4) is 0 Å². The molecular formula is C23H22ClN3O5S. The Labute approximate surface area is 199 Å². The molecule has 0 N–H and O–H groups in total. The Morgan fingerprint density at radius 3 is 2.79 bits per heavy atom. The predicted molar refractivity (Wildman–Crippen MR) is 124 cm³/mol. The first-order valence-corrected chi connectivity index (χ1v) is 11.7. The van der Waals surface area contributed by atoms with Crippen molar-refractivity contribution in [2.45, 2.75) is 19.4 Å². The maximum absolute atomic E-state index is 13.0. The molecule has 0 saturated heterocycles. The number of hydrogen-bond donors (Lipinski definition) is 0. The number of rotatable bonds is 6. The van der Waals surface area contributed by atoms with Gasteiger partial charge in [-0.15, -0.1) is 0 Å². The number of thiophene rings is 1. The van der Waals surface area contributed by atoms with Crippen LogP contribution in [-0.4, -0.2) is 53.1 Å². The summed E-state index contributed by atoms with van der Waals surface area (Å²) < 4.78 is 12.4. The second-order valence-corrected chi connectivity index (χ2v) is 8.62. The van der Waals surface area contributed by atoms with Crippen LogP contribution in [0.4, 0.5) is 0 Å². The Hall–Kier alpha value is -3.17. The number of pyridine rings is 2. The second kappa shape index (κ2) is 10.2. The van der Waals surface area contributed by atoms with Gasteiger partial charge in [0.05, 0.1) is 13.7 Å². The zero-order valence-corrected chi connectivity index (χ0v) is 19.5. The fourth-order valence-corrected chi connectivity index (χ4v) is 4.70. The summed E-state index contributed by atoms with van der Waals surface area (Å²) in [4.78, 5) is 44.1. The minimum atomic E-state index is -0.579. The second-order valence-electron chi connectivity index (χ2n) is 7.45. The van der Waals surface area contributed by atoms with E-state index in [1.54, 1.807) is 22.3 Å². The molecule has 4 heterocycles. The normalized spacial score (nSPS) is 13.2. The van der Waals surface area contributed by atoms with Gasteiger partial charge in [0.15, 0.2) is 0 Å². The summed E-state index contributed by atoms with van der Waals surface area (Å²) in [5.41, 5.74) is 1.98. The summed E-state index contributed by atoms with van der Waals surface area (Å²) >= 11 is 7.52. The highest BCUT2D eigenvalue weighted by atomic mass is 35.5. The minimum Gasteiger partial charge on any atom is -0.492 e. The molecule has 0 aliphatic carbocycles. The molecule has 4 rings (SSSR count). The van der Waals surface area contributed by atoms with E-state index in [1.165, 1.54) is 30.0 Å². The molecule has 0 atom stereocenters. The molecule has 0 fully saturated rings. The molecule has 1 aliphatic rings. The molecule has 10 heteroatoms. The number of methoxy groups -OCH3 is 1. The fraction of sp³-hybridized carbons (Fsp3) is 0.304. The largest absolute Gasteiger partial charge is 0.492 e. The first-order chi connectivity index (χ1) is 16.0. The van der Waals surface area contributed by atoms with E-state index in [9.17, 15) is 14.4 Å². The molecule has 0 unspecified atom stereocenters. The average Bonchev–Trinajstić information content (AvgIpc) is 3.23. The number of fused-ring (bicyclic) bond motifs is 1. The van der Waals surface area contributed by atoms with Crippen molar-refractivity contribution in [2.24, 2.45) is 0 Å². The SMILES string of the molecule is COC(=O)c1c(OCCc2ccsc2)cc(=O)n2c1CCN(C(=O)c1ccnc(Cl)c1)CC2. The maximum atomic E-state index is 13.0. The highest BCUT2D eigenvalue weighted by Gasteiger charge is 2.27. The van der Waals surface area contributed by atoms with E-state index in [4.69, 9.17) is 21.1 Å². The van der Waals surface area contributed by atoms with Crippen molar-refractivity contribution in [2.75, 3.05) is 26.8 Å². The molecule has 8 nitrogen and oxygen atoms in total. The Kier molecular flexibility index (Phi) is 7.10. The Morgan fingerprint density at radius 1 is 1.21 bits per heavy atom. The molecule has 0 radical (unpaired) electrons. The molecule has 172 valence electrons. The highest BCUT2D eigenvalue weighted by Crippen LogP contribution is 2.25. The van der Waals surface area contributed by atoms with E-state index in [-0.39, 0.29) is 34.5 Å². The smallest absolute Gasteiger partial charge is 0.343 e. The van der Waals surface area contributed by atoms with Crippen molar-refractivity contribution in [1.29, 1.82) is 0 Å². The van der Waals surface area contributed by atoms with E-state index in [2.05, 4.69) is 4.98 Å². The van der Waals surface area contributed by atoms with Crippen molar-refractivity contribution in [3.8, 4) is 5.75 Å². The van der Waals surface area contributed by atoms with Crippen LogP contribution < -0.4 is 10.3 Å². The van der Waals surface area contributed by atoms with Crippen molar-refractivity contribution < 1.29 is 19.1 Å². The van der Waals surface area contributed by atoms with Gasteiger partial charge in [-0.2, -0.15) is 11.3 Å². The van der Waals surface area contributed by atoms with E-state index in [1.807, 2.05) is 16.8 Å². The summed E-state index contributed by atoms with van der Waals surface area (Å²) in [7, 11) is 1.29. The van der Waals surface area contributed by atoms with Gasteiger partial charge in [-0.25, -0.2) is 9.78 Å². The van der Waals surface area contributed by atoms with Gasteiger partial charge in [-0.1, -0.05) is 11.6 Å². The Morgan fingerprint density at radius 2 is 2.06 bits per heavy atom. The fourth-order valence-electron chi connectivity index (χ4n) is 3.82. The van der Waals surface area contributed by atoms with Gasteiger partial charge in [0.2, 0.25) is 0 Å². The number of halogens is 1. The monoisotopic (exact) mass is 487 g/mol. The topological polar surface area (TPSA) is 90.7 Å². The highest BCUT2D eigenvalue weighted by molar-refractivity contribution is 7.07. The molecule has 3 aromatic heterocycles. The molecule has 1 aliphatic heterocycles. The molecular weight excluding hydrogens is 466 g/mol. The summed E-state index contributed by atoms with van der Waals surface area (Å²) in [5, 5.41) is 4.24. The third-order valence-electron chi connectivity index (χ3n) is 5.47. The molecule has 0 spiro atoms. The van der Waals surface area contributed by atoms with Crippen molar-refractivity contribution in [1.82, 2.24) is 14.5 Å². The van der Waals surface area contributed by atoms with Gasteiger partial charge >= 0.3 is 5.97 Å². The zero-order chi connectivity index (χ0) is 23.4. The number of ether oxygens (including phenoxy) is 2. The number of hydrogen-bond acceptors (Lipinski definition) is 7. The van der Waals surface area contributed by atoms with E-state index >= 15 is 0 Å². The average molecular weight is 488 g/mol. The lowest BCUT2D eigenvalue weighted by molar-refractivity contribution is 0.0593. The lowest BCUT2D eigenvalue weighted by atomic mass is 10.1. The first kappa shape index (κ1) is 23.0. The van der Waals surface area contributed by atoms with Crippen molar-refractivity contribution >= 4 is 34.8 Å². The van der Waals surface area contributed by atoms with Crippen LogP contribution in [0.1, 0.15) is 32.0 Å². The number of nitrogens with zero attached hydrogens (tertiary/aromatic N) is 3. The number of amides is 1. The summed E-state index contributed by atoms with van der Waals surface area (Å²) in [6.07, 6.45) is 2.42. The maximum Gasteiger partial charge on any atom is 0.343 e. The third-order valence-corrected chi connectivity index (χ3v) is 6.41. The van der Waals surface area contributed by atoms with Gasteiger partial charge < -0.3 is 18.9 Å². The van der Waals surface area contributed by atoms with Crippen molar-refractivity contribution in [3.63, 3.8) is 0 Å². The van der Waals surface area contributed by atoms with Crippen LogP contribution in [-0.2, 0) is 24.1 Å². The third kappa shape index (κ3) is 5.09. The summed E-state index contributed by atoms with van der Waals surface area (Å²) in [5.74, 6) is -0.592. The van der Waals surface area contributed by atoms with Crippen LogP contribution in [0.15, 0.2) is 46.0 Å². The van der Waals surface area contributed by atoms with E-state index < -0.39 is 5.97 Å². The summed E-state index contributed by atoms with van der Waals surface area (Å²) in [6.45, 7) is 1.19. The number of carbonyl (C=O) groups is 2. The van der Waals surface area contributed by atoms with E-state index in [0.29, 0.717) is 43.8 Å².